The van der Waals surface area contributed by atoms with E-state index in [1.807, 2.05) is 55.1 Å². The molecule has 1 saturated heterocycles. The fourth-order valence-corrected chi connectivity index (χ4v) is 3.43. The number of carbonyl (C=O) groups excluding carboxylic acids is 1. The van der Waals surface area contributed by atoms with Crippen molar-refractivity contribution in [2.75, 3.05) is 41.7 Å². The molecule has 4 rings (SSSR count). The predicted molar refractivity (Wildman–Crippen MR) is 118 cm³/mol. The summed E-state index contributed by atoms with van der Waals surface area (Å²) in [6.45, 7) is 6.75. The number of piperazine rings is 1. The van der Waals surface area contributed by atoms with Crippen LogP contribution in [0.15, 0.2) is 54.9 Å². The van der Waals surface area contributed by atoms with E-state index in [-0.39, 0.29) is 6.03 Å². The standard InChI is InChI=1S/C22H25N7O/c1-16-3-4-19(17(2)15-16)25-22(30)29-13-11-28(12-14-29)21-6-5-20(26-27-21)24-18-7-9-23-10-8-18/h3-10,15H,11-14H2,1-2H3,(H,25,30)(H,23,24,26). The summed E-state index contributed by atoms with van der Waals surface area (Å²) in [6.07, 6.45) is 3.44. The van der Waals surface area contributed by atoms with Crippen LogP contribution in [0.5, 0.6) is 0 Å². The van der Waals surface area contributed by atoms with Crippen LogP contribution in [0, 0.1) is 13.8 Å². The number of aryl methyl sites for hydroxylation is 2. The molecule has 2 amide bonds. The third-order valence-corrected chi connectivity index (χ3v) is 5.12. The number of hydrogen-bond acceptors (Lipinski definition) is 6. The van der Waals surface area contributed by atoms with Crippen LogP contribution < -0.4 is 15.5 Å². The van der Waals surface area contributed by atoms with E-state index in [1.165, 1.54) is 5.56 Å². The summed E-state index contributed by atoms with van der Waals surface area (Å²) in [5.74, 6) is 1.49. The molecule has 1 aliphatic rings. The SMILES string of the molecule is Cc1ccc(NC(=O)N2CCN(c3ccc(Nc4ccncc4)nn3)CC2)c(C)c1. The number of amides is 2. The average Bonchev–Trinajstić information content (AvgIpc) is 2.77. The van der Waals surface area contributed by atoms with Crippen molar-refractivity contribution in [3.63, 3.8) is 0 Å². The lowest BCUT2D eigenvalue weighted by atomic mass is 10.1. The average molecular weight is 403 g/mol. The van der Waals surface area contributed by atoms with E-state index < -0.39 is 0 Å². The van der Waals surface area contributed by atoms with E-state index in [1.54, 1.807) is 12.4 Å². The van der Waals surface area contributed by atoms with Gasteiger partial charge in [0.05, 0.1) is 0 Å². The van der Waals surface area contributed by atoms with E-state index in [2.05, 4.69) is 36.8 Å². The highest BCUT2D eigenvalue weighted by molar-refractivity contribution is 5.90. The Kier molecular flexibility index (Phi) is 5.74. The Morgan fingerprint density at radius 1 is 0.933 bits per heavy atom. The van der Waals surface area contributed by atoms with Gasteiger partial charge >= 0.3 is 6.03 Å². The molecule has 2 aromatic heterocycles. The van der Waals surface area contributed by atoms with Crippen LogP contribution in [-0.4, -0.2) is 52.3 Å². The fourth-order valence-electron chi connectivity index (χ4n) is 3.43. The van der Waals surface area contributed by atoms with Crippen molar-refractivity contribution >= 4 is 29.0 Å². The Morgan fingerprint density at radius 3 is 2.37 bits per heavy atom. The van der Waals surface area contributed by atoms with Gasteiger partial charge in [0.15, 0.2) is 11.6 Å². The number of rotatable bonds is 4. The quantitative estimate of drug-likeness (QED) is 0.692. The van der Waals surface area contributed by atoms with Gasteiger partial charge in [0.25, 0.3) is 0 Å². The second-order valence-corrected chi connectivity index (χ2v) is 7.36. The predicted octanol–water partition coefficient (Wildman–Crippen LogP) is 3.59. The summed E-state index contributed by atoms with van der Waals surface area (Å²) in [4.78, 5) is 20.6. The maximum Gasteiger partial charge on any atom is 0.321 e. The van der Waals surface area contributed by atoms with E-state index in [9.17, 15) is 4.79 Å². The summed E-state index contributed by atoms with van der Waals surface area (Å²) in [5.41, 5.74) is 4.02. The number of nitrogens with one attached hydrogen (secondary N) is 2. The highest BCUT2D eigenvalue weighted by atomic mass is 16.2. The molecule has 1 fully saturated rings. The minimum atomic E-state index is -0.0652. The van der Waals surface area contributed by atoms with E-state index in [0.717, 1.165) is 22.8 Å². The third-order valence-electron chi connectivity index (χ3n) is 5.12. The topological polar surface area (TPSA) is 86.3 Å². The highest BCUT2D eigenvalue weighted by Gasteiger charge is 2.22. The maximum atomic E-state index is 12.6. The molecule has 0 spiro atoms. The number of carbonyl (C=O) groups is 1. The summed E-state index contributed by atoms with van der Waals surface area (Å²) < 4.78 is 0. The Hall–Kier alpha value is -3.68. The van der Waals surface area contributed by atoms with Gasteiger partial charge in [0.2, 0.25) is 0 Å². The molecule has 8 heteroatoms. The summed E-state index contributed by atoms with van der Waals surface area (Å²) in [7, 11) is 0. The number of pyridine rings is 1. The fraction of sp³-hybridized carbons (Fsp3) is 0.273. The first-order valence-corrected chi connectivity index (χ1v) is 9.97. The lowest BCUT2D eigenvalue weighted by Gasteiger charge is -2.35. The molecule has 8 nitrogen and oxygen atoms in total. The van der Waals surface area contributed by atoms with Crippen molar-refractivity contribution in [1.29, 1.82) is 0 Å². The van der Waals surface area contributed by atoms with E-state index in [0.29, 0.717) is 32.0 Å². The number of anilines is 4. The normalized spacial score (nSPS) is 13.8. The molecule has 30 heavy (non-hydrogen) atoms. The van der Waals surface area contributed by atoms with Gasteiger partial charge in [-0.25, -0.2) is 4.79 Å². The Bertz CT molecular complexity index is 1000. The van der Waals surface area contributed by atoms with Gasteiger partial charge < -0.3 is 20.4 Å². The number of nitrogens with zero attached hydrogens (tertiary/aromatic N) is 5. The number of hydrogen-bond donors (Lipinski definition) is 2. The lowest BCUT2D eigenvalue weighted by Crippen LogP contribution is -2.50. The molecule has 154 valence electrons. The highest BCUT2D eigenvalue weighted by Crippen LogP contribution is 2.19. The van der Waals surface area contributed by atoms with Gasteiger partial charge in [0, 0.05) is 49.9 Å². The van der Waals surface area contributed by atoms with Crippen molar-refractivity contribution in [3.8, 4) is 0 Å². The molecule has 3 heterocycles. The van der Waals surface area contributed by atoms with Gasteiger partial charge in [-0.05, 0) is 49.7 Å². The second-order valence-electron chi connectivity index (χ2n) is 7.36. The maximum absolute atomic E-state index is 12.6. The lowest BCUT2D eigenvalue weighted by molar-refractivity contribution is 0.208. The molecule has 0 bridgehead atoms. The first-order valence-electron chi connectivity index (χ1n) is 9.97. The van der Waals surface area contributed by atoms with Crippen LogP contribution in [0.1, 0.15) is 11.1 Å². The van der Waals surface area contributed by atoms with Gasteiger partial charge in [-0.15, -0.1) is 10.2 Å². The molecule has 0 unspecified atom stereocenters. The van der Waals surface area contributed by atoms with Crippen molar-refractivity contribution in [2.24, 2.45) is 0 Å². The molecule has 1 aliphatic heterocycles. The van der Waals surface area contributed by atoms with Crippen molar-refractivity contribution in [2.45, 2.75) is 13.8 Å². The van der Waals surface area contributed by atoms with Gasteiger partial charge in [-0.2, -0.15) is 0 Å². The Balaban J connectivity index is 1.31. The van der Waals surface area contributed by atoms with Crippen LogP contribution in [0.3, 0.4) is 0 Å². The molecule has 1 aromatic carbocycles. The van der Waals surface area contributed by atoms with Crippen LogP contribution in [0.2, 0.25) is 0 Å². The van der Waals surface area contributed by atoms with Crippen molar-refractivity contribution < 1.29 is 4.79 Å². The monoisotopic (exact) mass is 403 g/mol. The zero-order chi connectivity index (χ0) is 20.9. The zero-order valence-corrected chi connectivity index (χ0v) is 17.2. The van der Waals surface area contributed by atoms with Gasteiger partial charge in [-0.3, -0.25) is 4.98 Å². The molecule has 0 radical (unpaired) electrons. The van der Waals surface area contributed by atoms with Crippen LogP contribution in [0.4, 0.5) is 27.8 Å². The smallest absolute Gasteiger partial charge is 0.321 e. The second kappa shape index (κ2) is 8.77. The number of urea groups is 1. The van der Waals surface area contributed by atoms with E-state index >= 15 is 0 Å². The molecule has 0 atom stereocenters. The third kappa shape index (κ3) is 4.65. The Labute approximate surface area is 176 Å². The molecular formula is C22H25N7O. The largest absolute Gasteiger partial charge is 0.352 e. The summed E-state index contributed by atoms with van der Waals surface area (Å²) >= 11 is 0. The van der Waals surface area contributed by atoms with Crippen LogP contribution >= 0.6 is 0 Å². The van der Waals surface area contributed by atoms with Crippen LogP contribution in [-0.2, 0) is 0 Å². The van der Waals surface area contributed by atoms with Crippen molar-refractivity contribution in [3.05, 3.63) is 66.0 Å². The van der Waals surface area contributed by atoms with Gasteiger partial charge in [0.1, 0.15) is 0 Å². The molecule has 2 N–H and O–H groups in total. The first-order chi connectivity index (χ1) is 14.6. The van der Waals surface area contributed by atoms with Crippen molar-refractivity contribution in [1.82, 2.24) is 20.1 Å². The zero-order valence-electron chi connectivity index (χ0n) is 17.2. The van der Waals surface area contributed by atoms with E-state index in [4.69, 9.17) is 0 Å². The molecule has 0 saturated carbocycles. The summed E-state index contributed by atoms with van der Waals surface area (Å²) in [5, 5.41) is 14.8. The summed E-state index contributed by atoms with van der Waals surface area (Å²) in [6, 6.07) is 13.6. The molecule has 3 aromatic rings. The minimum Gasteiger partial charge on any atom is -0.352 e. The van der Waals surface area contributed by atoms with Gasteiger partial charge in [-0.1, -0.05) is 17.7 Å². The number of aromatic nitrogens is 3. The first kappa shape index (κ1) is 19.6. The minimum absolute atomic E-state index is 0.0652. The molecule has 0 aliphatic carbocycles. The number of benzene rings is 1. The Morgan fingerprint density at radius 2 is 1.70 bits per heavy atom. The molecular weight excluding hydrogens is 378 g/mol. The van der Waals surface area contributed by atoms with Crippen LogP contribution in [0.25, 0.3) is 0 Å².